The molecule has 0 bridgehead atoms. The van der Waals surface area contributed by atoms with Gasteiger partial charge >= 0.3 is 0 Å². The number of benzene rings is 1. The van der Waals surface area contributed by atoms with Crippen molar-refractivity contribution in [2.45, 2.75) is 11.8 Å². The van der Waals surface area contributed by atoms with Crippen LogP contribution in [-0.2, 0) is 14.8 Å². The molecule has 6 nitrogen and oxygen atoms in total. The molecule has 21 heavy (non-hydrogen) atoms. The number of hydrogen-bond donors (Lipinski definition) is 1. The molecule has 1 aromatic rings. The largest absolute Gasteiger partial charge is 0.494 e. The monoisotopic (exact) mass is 316 g/mol. The SMILES string of the molecule is COc1cc(S(=O)(=O)N2C[C@@H](C)[C@H](C(N)=O)C2)ccc1F. The first-order valence-electron chi connectivity index (χ1n) is 6.40. The Morgan fingerprint density at radius 3 is 2.62 bits per heavy atom. The molecule has 0 aliphatic carbocycles. The first-order chi connectivity index (χ1) is 9.77. The van der Waals surface area contributed by atoms with Crippen LogP contribution >= 0.6 is 0 Å². The lowest BCUT2D eigenvalue weighted by Gasteiger charge is -2.16. The number of carbonyl (C=O) groups excluding carboxylic acids is 1. The van der Waals surface area contributed by atoms with Crippen LogP contribution < -0.4 is 10.5 Å². The summed E-state index contributed by atoms with van der Waals surface area (Å²) in [5.74, 6) is -1.96. The van der Waals surface area contributed by atoms with Crippen molar-refractivity contribution in [2.24, 2.45) is 17.6 Å². The van der Waals surface area contributed by atoms with Crippen molar-refractivity contribution in [1.29, 1.82) is 0 Å². The van der Waals surface area contributed by atoms with E-state index < -0.39 is 27.7 Å². The van der Waals surface area contributed by atoms with E-state index >= 15 is 0 Å². The third kappa shape index (κ3) is 2.86. The van der Waals surface area contributed by atoms with Crippen LogP contribution in [0.4, 0.5) is 4.39 Å². The highest BCUT2D eigenvalue weighted by atomic mass is 32.2. The number of halogens is 1. The van der Waals surface area contributed by atoms with E-state index in [1.807, 2.05) is 0 Å². The van der Waals surface area contributed by atoms with Crippen LogP contribution in [0.2, 0.25) is 0 Å². The molecule has 8 heteroatoms. The van der Waals surface area contributed by atoms with Crippen molar-refractivity contribution in [1.82, 2.24) is 4.31 Å². The van der Waals surface area contributed by atoms with Gasteiger partial charge in [0.25, 0.3) is 0 Å². The van der Waals surface area contributed by atoms with Gasteiger partial charge in [-0.25, -0.2) is 12.8 Å². The number of ether oxygens (including phenoxy) is 1. The molecular weight excluding hydrogens is 299 g/mol. The van der Waals surface area contributed by atoms with Crippen LogP contribution in [0, 0.1) is 17.7 Å². The van der Waals surface area contributed by atoms with E-state index in [1.165, 1.54) is 17.5 Å². The smallest absolute Gasteiger partial charge is 0.243 e. The highest BCUT2D eigenvalue weighted by molar-refractivity contribution is 7.89. The number of rotatable bonds is 4. The summed E-state index contributed by atoms with van der Waals surface area (Å²) < 4.78 is 44.4. The van der Waals surface area contributed by atoms with Crippen molar-refractivity contribution in [3.05, 3.63) is 24.0 Å². The zero-order valence-electron chi connectivity index (χ0n) is 11.7. The fourth-order valence-corrected chi connectivity index (χ4v) is 4.02. The van der Waals surface area contributed by atoms with Gasteiger partial charge in [0.05, 0.1) is 17.9 Å². The normalized spacial score (nSPS) is 23.2. The van der Waals surface area contributed by atoms with E-state index in [2.05, 4.69) is 0 Å². The Bertz CT molecular complexity index is 662. The molecule has 0 aromatic heterocycles. The Morgan fingerprint density at radius 1 is 1.43 bits per heavy atom. The standard InChI is InChI=1S/C13H17FN2O4S/c1-8-6-16(7-10(8)13(15)17)21(18,19)9-3-4-11(14)12(5-9)20-2/h3-5,8,10H,6-7H2,1-2H3,(H2,15,17)/t8-,10-/m1/s1. The average molecular weight is 316 g/mol. The minimum atomic E-state index is -3.81. The molecule has 1 saturated heterocycles. The molecule has 0 unspecified atom stereocenters. The van der Waals surface area contributed by atoms with Crippen LogP contribution in [0.1, 0.15) is 6.92 Å². The number of nitrogens with zero attached hydrogens (tertiary/aromatic N) is 1. The summed E-state index contributed by atoms with van der Waals surface area (Å²) in [5.41, 5.74) is 5.27. The molecule has 1 fully saturated rings. The summed E-state index contributed by atoms with van der Waals surface area (Å²) in [6.45, 7) is 2.02. The lowest BCUT2D eigenvalue weighted by Crippen LogP contribution is -2.32. The first kappa shape index (κ1) is 15.7. The molecule has 1 aromatic carbocycles. The number of carbonyl (C=O) groups is 1. The number of nitrogens with two attached hydrogens (primary N) is 1. The molecule has 1 amide bonds. The van der Waals surface area contributed by atoms with Crippen LogP contribution in [-0.4, -0.2) is 38.8 Å². The van der Waals surface area contributed by atoms with Crippen molar-refractivity contribution >= 4 is 15.9 Å². The second-order valence-electron chi connectivity index (χ2n) is 5.10. The second-order valence-corrected chi connectivity index (χ2v) is 7.04. The summed E-state index contributed by atoms with van der Waals surface area (Å²) in [5, 5.41) is 0. The summed E-state index contributed by atoms with van der Waals surface area (Å²) in [7, 11) is -2.55. The summed E-state index contributed by atoms with van der Waals surface area (Å²) >= 11 is 0. The first-order valence-corrected chi connectivity index (χ1v) is 7.84. The van der Waals surface area contributed by atoms with Gasteiger partial charge in [0.2, 0.25) is 15.9 Å². The predicted molar refractivity (Wildman–Crippen MR) is 73.6 cm³/mol. The van der Waals surface area contributed by atoms with Crippen LogP contribution in [0.25, 0.3) is 0 Å². The third-order valence-electron chi connectivity index (χ3n) is 3.70. The minimum absolute atomic E-state index is 0.0402. The Morgan fingerprint density at radius 2 is 2.10 bits per heavy atom. The van der Waals surface area contributed by atoms with Gasteiger partial charge in [0, 0.05) is 19.2 Å². The molecule has 0 radical (unpaired) electrons. The van der Waals surface area contributed by atoms with Gasteiger partial charge < -0.3 is 10.5 Å². The van der Waals surface area contributed by atoms with Crippen LogP contribution in [0.3, 0.4) is 0 Å². The number of amides is 1. The van der Waals surface area contributed by atoms with E-state index in [1.54, 1.807) is 6.92 Å². The van der Waals surface area contributed by atoms with Crippen LogP contribution in [0.5, 0.6) is 5.75 Å². The van der Waals surface area contributed by atoms with Gasteiger partial charge in [-0.1, -0.05) is 6.92 Å². The van der Waals surface area contributed by atoms with Crippen molar-refractivity contribution in [2.75, 3.05) is 20.2 Å². The molecular formula is C13H17FN2O4S. The van der Waals surface area contributed by atoms with Crippen molar-refractivity contribution in [3.63, 3.8) is 0 Å². The van der Waals surface area contributed by atoms with Gasteiger partial charge in [-0.05, 0) is 18.1 Å². The lowest BCUT2D eigenvalue weighted by atomic mass is 9.98. The maximum absolute atomic E-state index is 13.4. The summed E-state index contributed by atoms with van der Waals surface area (Å²) in [6, 6.07) is 3.35. The summed E-state index contributed by atoms with van der Waals surface area (Å²) in [4.78, 5) is 11.2. The van der Waals surface area contributed by atoms with E-state index in [9.17, 15) is 17.6 Å². The average Bonchev–Trinajstić information content (AvgIpc) is 2.82. The van der Waals surface area contributed by atoms with Gasteiger partial charge in [-0.3, -0.25) is 4.79 Å². The predicted octanol–water partition coefficient (Wildman–Crippen LogP) is 0.576. The van der Waals surface area contributed by atoms with E-state index in [0.29, 0.717) is 0 Å². The zero-order valence-corrected chi connectivity index (χ0v) is 12.6. The van der Waals surface area contributed by atoms with Crippen molar-refractivity contribution in [3.8, 4) is 5.75 Å². The molecule has 1 aliphatic rings. The van der Waals surface area contributed by atoms with E-state index in [4.69, 9.17) is 10.5 Å². The zero-order chi connectivity index (χ0) is 15.8. The minimum Gasteiger partial charge on any atom is -0.494 e. The molecule has 1 aliphatic heterocycles. The maximum atomic E-state index is 13.4. The number of sulfonamides is 1. The fourth-order valence-electron chi connectivity index (χ4n) is 2.44. The molecule has 0 saturated carbocycles. The highest BCUT2D eigenvalue weighted by Gasteiger charge is 2.39. The number of primary amides is 1. The Balaban J connectivity index is 2.33. The van der Waals surface area contributed by atoms with E-state index in [0.717, 1.165) is 12.1 Å². The maximum Gasteiger partial charge on any atom is 0.243 e. The fraction of sp³-hybridized carbons (Fsp3) is 0.462. The van der Waals surface area contributed by atoms with Gasteiger partial charge in [-0.2, -0.15) is 4.31 Å². The molecule has 2 N–H and O–H groups in total. The topological polar surface area (TPSA) is 89.7 Å². The Hall–Kier alpha value is -1.67. The quantitative estimate of drug-likeness (QED) is 0.879. The highest BCUT2D eigenvalue weighted by Crippen LogP contribution is 2.30. The van der Waals surface area contributed by atoms with E-state index in [-0.39, 0.29) is 29.7 Å². The second kappa shape index (κ2) is 5.61. The number of hydrogen-bond acceptors (Lipinski definition) is 4. The molecule has 2 atom stereocenters. The van der Waals surface area contributed by atoms with Gasteiger partial charge in [0.1, 0.15) is 0 Å². The van der Waals surface area contributed by atoms with Gasteiger partial charge in [0.15, 0.2) is 11.6 Å². The molecule has 116 valence electrons. The van der Waals surface area contributed by atoms with Crippen LogP contribution in [0.15, 0.2) is 23.1 Å². The Kier molecular flexibility index (Phi) is 4.20. The van der Waals surface area contributed by atoms with Gasteiger partial charge in [-0.15, -0.1) is 0 Å². The molecule has 1 heterocycles. The molecule has 2 rings (SSSR count). The van der Waals surface area contributed by atoms with Crippen molar-refractivity contribution < 1.29 is 22.3 Å². The number of methoxy groups -OCH3 is 1. The summed E-state index contributed by atoms with van der Waals surface area (Å²) in [6.07, 6.45) is 0. The lowest BCUT2D eigenvalue weighted by molar-refractivity contribution is -0.122. The molecule has 0 spiro atoms. The Labute approximate surface area is 122 Å². The third-order valence-corrected chi connectivity index (χ3v) is 5.53.